The standard InChI is InChI=1S/C16H13NO/c18-16-13-9-5-4-8-12(13)14-15(16)17(14)10-11-6-2-1-3-7-11/h1-9,14-15H,10H2. The van der Waals surface area contributed by atoms with E-state index < -0.39 is 0 Å². The highest BCUT2D eigenvalue weighted by Crippen LogP contribution is 2.52. The molecule has 18 heavy (non-hydrogen) atoms. The lowest BCUT2D eigenvalue weighted by Gasteiger charge is -2.09. The van der Waals surface area contributed by atoms with Gasteiger partial charge in [-0.3, -0.25) is 9.69 Å². The van der Waals surface area contributed by atoms with Gasteiger partial charge >= 0.3 is 0 Å². The molecule has 1 heterocycles. The molecule has 2 nitrogen and oxygen atoms in total. The lowest BCUT2D eigenvalue weighted by Crippen LogP contribution is -2.13. The fraction of sp³-hybridized carbons (Fsp3) is 0.188. The van der Waals surface area contributed by atoms with Crippen LogP contribution in [-0.4, -0.2) is 16.7 Å². The van der Waals surface area contributed by atoms with Gasteiger partial charge in [-0.15, -0.1) is 0 Å². The van der Waals surface area contributed by atoms with Gasteiger partial charge in [-0.1, -0.05) is 54.6 Å². The van der Waals surface area contributed by atoms with Crippen LogP contribution in [-0.2, 0) is 6.54 Å². The van der Waals surface area contributed by atoms with Gasteiger partial charge in [0.05, 0.1) is 12.1 Å². The van der Waals surface area contributed by atoms with Crippen LogP contribution in [0.2, 0.25) is 0 Å². The first-order valence-corrected chi connectivity index (χ1v) is 6.29. The van der Waals surface area contributed by atoms with Crippen LogP contribution in [0.15, 0.2) is 54.6 Å². The SMILES string of the molecule is O=C1c2ccccc2C2C1N2Cc1ccccc1. The number of nitrogens with zero attached hydrogens (tertiary/aromatic N) is 1. The summed E-state index contributed by atoms with van der Waals surface area (Å²) in [6.45, 7) is 0.871. The molecule has 2 heteroatoms. The van der Waals surface area contributed by atoms with E-state index in [0.29, 0.717) is 11.8 Å². The fourth-order valence-electron chi connectivity index (χ4n) is 3.05. The maximum atomic E-state index is 12.2. The van der Waals surface area contributed by atoms with Crippen LogP contribution in [0.1, 0.15) is 27.5 Å². The van der Waals surface area contributed by atoms with E-state index in [-0.39, 0.29) is 6.04 Å². The second-order valence-corrected chi connectivity index (χ2v) is 5.00. The third-order valence-electron chi connectivity index (χ3n) is 3.95. The molecule has 1 aliphatic carbocycles. The first-order chi connectivity index (χ1) is 8.86. The highest BCUT2D eigenvalue weighted by atomic mass is 16.1. The summed E-state index contributed by atoms with van der Waals surface area (Å²) in [5.41, 5.74) is 3.41. The van der Waals surface area contributed by atoms with E-state index in [4.69, 9.17) is 0 Å². The summed E-state index contributed by atoms with van der Waals surface area (Å²) in [6.07, 6.45) is 0. The number of fused-ring (bicyclic) bond motifs is 3. The summed E-state index contributed by atoms with van der Waals surface area (Å²) in [6, 6.07) is 18.8. The zero-order chi connectivity index (χ0) is 12.1. The average molecular weight is 235 g/mol. The normalized spacial score (nSPS) is 27.8. The Morgan fingerprint density at radius 3 is 2.44 bits per heavy atom. The van der Waals surface area contributed by atoms with Gasteiger partial charge in [-0.2, -0.15) is 0 Å². The van der Waals surface area contributed by atoms with Crippen molar-refractivity contribution >= 4 is 5.78 Å². The van der Waals surface area contributed by atoms with Crippen molar-refractivity contribution in [1.29, 1.82) is 0 Å². The minimum Gasteiger partial charge on any atom is -0.292 e. The quantitative estimate of drug-likeness (QED) is 0.746. The zero-order valence-electron chi connectivity index (χ0n) is 9.91. The van der Waals surface area contributed by atoms with Gasteiger partial charge in [0.25, 0.3) is 0 Å². The number of carbonyl (C=O) groups excluding carboxylic acids is 1. The first kappa shape index (κ1) is 10.0. The molecule has 2 aromatic rings. The van der Waals surface area contributed by atoms with Crippen LogP contribution in [0.4, 0.5) is 0 Å². The number of rotatable bonds is 2. The van der Waals surface area contributed by atoms with Crippen molar-refractivity contribution in [2.75, 3.05) is 0 Å². The maximum absolute atomic E-state index is 12.2. The largest absolute Gasteiger partial charge is 0.292 e. The molecule has 0 bridgehead atoms. The van der Waals surface area contributed by atoms with Gasteiger partial charge in [0.2, 0.25) is 0 Å². The smallest absolute Gasteiger partial charge is 0.182 e. The van der Waals surface area contributed by atoms with Gasteiger partial charge in [-0.05, 0) is 11.1 Å². The van der Waals surface area contributed by atoms with Crippen LogP contribution in [0.5, 0.6) is 0 Å². The Hall–Kier alpha value is -1.93. The summed E-state index contributed by atoms with van der Waals surface area (Å²) in [5.74, 6) is 0.298. The van der Waals surface area contributed by atoms with Crippen molar-refractivity contribution in [2.24, 2.45) is 0 Å². The second-order valence-electron chi connectivity index (χ2n) is 5.00. The van der Waals surface area contributed by atoms with E-state index in [9.17, 15) is 4.79 Å². The highest BCUT2D eigenvalue weighted by Gasteiger charge is 2.58. The topological polar surface area (TPSA) is 20.1 Å². The number of hydrogen-bond donors (Lipinski definition) is 0. The van der Waals surface area contributed by atoms with Crippen LogP contribution < -0.4 is 0 Å². The van der Waals surface area contributed by atoms with Crippen LogP contribution in [0.3, 0.4) is 0 Å². The molecule has 0 aromatic heterocycles. The van der Waals surface area contributed by atoms with Crippen molar-refractivity contribution in [3.05, 3.63) is 71.3 Å². The second kappa shape index (κ2) is 3.53. The molecular weight excluding hydrogens is 222 g/mol. The van der Waals surface area contributed by atoms with Gasteiger partial charge < -0.3 is 0 Å². The minimum atomic E-state index is 0.0996. The molecule has 3 unspecified atom stereocenters. The number of Topliss-reactive ketones (excluding diaryl/α,β-unsaturated/α-hetero) is 1. The molecule has 0 saturated carbocycles. The number of hydrogen-bond acceptors (Lipinski definition) is 2. The van der Waals surface area contributed by atoms with Crippen molar-refractivity contribution < 1.29 is 4.79 Å². The Labute approximate surface area is 106 Å². The lowest BCUT2D eigenvalue weighted by atomic mass is 10.1. The van der Waals surface area contributed by atoms with Crippen molar-refractivity contribution in [2.45, 2.75) is 18.6 Å². The Kier molecular flexibility index (Phi) is 1.97. The van der Waals surface area contributed by atoms with E-state index in [1.807, 2.05) is 36.4 Å². The third-order valence-corrected chi connectivity index (χ3v) is 3.95. The van der Waals surface area contributed by atoms with E-state index in [1.165, 1.54) is 11.1 Å². The van der Waals surface area contributed by atoms with Gasteiger partial charge in [0.15, 0.2) is 5.78 Å². The van der Waals surface area contributed by atoms with E-state index in [0.717, 1.165) is 12.1 Å². The summed E-state index contributed by atoms with van der Waals surface area (Å²) in [7, 11) is 0. The zero-order valence-corrected chi connectivity index (χ0v) is 9.91. The molecule has 0 radical (unpaired) electrons. The molecule has 2 aromatic carbocycles. The molecule has 3 atom stereocenters. The molecule has 2 aliphatic rings. The maximum Gasteiger partial charge on any atom is 0.182 e. The fourth-order valence-corrected chi connectivity index (χ4v) is 3.05. The van der Waals surface area contributed by atoms with E-state index in [2.05, 4.69) is 23.1 Å². The third kappa shape index (κ3) is 1.30. The van der Waals surface area contributed by atoms with Crippen LogP contribution in [0.25, 0.3) is 0 Å². The van der Waals surface area contributed by atoms with Crippen LogP contribution in [0, 0.1) is 0 Å². The Balaban J connectivity index is 1.62. The Morgan fingerprint density at radius 1 is 0.889 bits per heavy atom. The molecule has 1 fully saturated rings. The van der Waals surface area contributed by atoms with E-state index in [1.54, 1.807) is 0 Å². The summed E-state index contributed by atoms with van der Waals surface area (Å²) < 4.78 is 0. The molecule has 0 spiro atoms. The van der Waals surface area contributed by atoms with Crippen molar-refractivity contribution in [3.8, 4) is 0 Å². The molecule has 0 amide bonds. The molecule has 0 N–H and O–H groups in total. The Morgan fingerprint density at radius 2 is 1.61 bits per heavy atom. The van der Waals surface area contributed by atoms with Crippen molar-refractivity contribution in [3.63, 3.8) is 0 Å². The number of ketones is 1. The average Bonchev–Trinajstić information content (AvgIpc) is 3.04. The van der Waals surface area contributed by atoms with Gasteiger partial charge in [0.1, 0.15) is 0 Å². The van der Waals surface area contributed by atoms with Gasteiger partial charge in [-0.25, -0.2) is 0 Å². The monoisotopic (exact) mass is 235 g/mol. The first-order valence-electron chi connectivity index (χ1n) is 6.29. The Bertz CT molecular complexity index is 620. The van der Waals surface area contributed by atoms with E-state index >= 15 is 0 Å². The lowest BCUT2D eigenvalue weighted by molar-refractivity contribution is 0.0976. The van der Waals surface area contributed by atoms with Crippen molar-refractivity contribution in [1.82, 2.24) is 4.90 Å². The number of carbonyl (C=O) groups is 1. The molecule has 1 aliphatic heterocycles. The molecule has 4 rings (SSSR count). The summed E-state index contributed by atoms with van der Waals surface area (Å²) in [4.78, 5) is 14.5. The summed E-state index contributed by atoms with van der Waals surface area (Å²) >= 11 is 0. The molecular formula is C16H13NO. The predicted octanol–water partition coefficient (Wildman–Crippen LogP) is 2.81. The minimum absolute atomic E-state index is 0.0996. The highest BCUT2D eigenvalue weighted by molar-refractivity contribution is 6.08. The van der Waals surface area contributed by atoms with Crippen LogP contribution >= 0.6 is 0 Å². The summed E-state index contributed by atoms with van der Waals surface area (Å²) in [5, 5.41) is 0. The molecule has 88 valence electrons. The number of benzene rings is 2. The van der Waals surface area contributed by atoms with Gasteiger partial charge in [0, 0.05) is 12.1 Å². The molecule has 1 saturated heterocycles. The predicted molar refractivity (Wildman–Crippen MR) is 69.3 cm³/mol.